The second-order valence-electron chi connectivity index (χ2n) is 11.2. The summed E-state index contributed by atoms with van der Waals surface area (Å²) in [5, 5.41) is 1.20. The van der Waals surface area contributed by atoms with Crippen molar-refractivity contribution in [2.24, 2.45) is 5.92 Å². The number of piperidine rings is 1. The maximum atomic E-state index is 14.5. The fraction of sp³-hybridized carbons (Fsp3) is 0.515. The van der Waals surface area contributed by atoms with Crippen LogP contribution in [0.1, 0.15) is 62.1 Å². The molecule has 1 saturated heterocycles. The number of fused-ring (bicyclic) bond motifs is 1. The molecule has 2 aliphatic rings. The van der Waals surface area contributed by atoms with E-state index in [1.54, 1.807) is 12.0 Å². The number of hydrogen-bond acceptors (Lipinski definition) is 4. The molecule has 0 bridgehead atoms. The van der Waals surface area contributed by atoms with E-state index in [0.29, 0.717) is 32.8 Å². The van der Waals surface area contributed by atoms with Gasteiger partial charge in [-0.2, -0.15) is 0 Å². The lowest BCUT2D eigenvalue weighted by Gasteiger charge is -2.40. The van der Waals surface area contributed by atoms with Gasteiger partial charge in [-0.05, 0) is 67.7 Å². The number of likely N-dealkylation sites (tertiary alicyclic amines) is 1. The second-order valence-corrected chi connectivity index (χ2v) is 11.2. The molecule has 2 atom stereocenters. The summed E-state index contributed by atoms with van der Waals surface area (Å²) in [5.41, 5.74) is 4.84. The van der Waals surface area contributed by atoms with Gasteiger partial charge in [-0.15, -0.1) is 0 Å². The van der Waals surface area contributed by atoms with Crippen molar-refractivity contribution in [3.8, 4) is 0 Å². The van der Waals surface area contributed by atoms with E-state index in [-0.39, 0.29) is 29.9 Å². The lowest BCUT2D eigenvalue weighted by molar-refractivity contribution is -0.139. The molecule has 2 fully saturated rings. The number of carbonyl (C=O) groups excluding carboxylic acids is 2. The van der Waals surface area contributed by atoms with Gasteiger partial charge in [0.25, 0.3) is 0 Å². The zero-order valence-corrected chi connectivity index (χ0v) is 24.2. The average Bonchev–Trinajstić information content (AvgIpc) is 3.78. The Morgan fingerprint density at radius 2 is 1.88 bits per heavy atom. The molecular weight excluding hydrogens is 502 g/mol. The van der Waals surface area contributed by atoms with Crippen molar-refractivity contribution in [1.29, 1.82) is 0 Å². The Hall–Kier alpha value is -3.32. The Morgan fingerprint density at radius 3 is 2.62 bits per heavy atom. The average molecular weight is 546 g/mol. The van der Waals surface area contributed by atoms with Crippen LogP contribution in [0.4, 0.5) is 4.79 Å². The van der Waals surface area contributed by atoms with Gasteiger partial charge in [-0.25, -0.2) is 4.79 Å². The molecule has 214 valence electrons. The lowest BCUT2D eigenvalue weighted by atomic mass is 9.79. The molecule has 2 amide bonds. The zero-order valence-electron chi connectivity index (χ0n) is 24.2. The van der Waals surface area contributed by atoms with Crippen LogP contribution in [-0.4, -0.2) is 65.8 Å². The standard InChI is InChI=1S/C33H43N3O4/c1-4-24-10-8-11-25(20-24)28-16-18-35(33(38)40-5-2)23-30(28)32(37)36(27-14-15-27)22-26-21-34(17-9-19-39-3)31-13-7-6-12-29(26)31/h6-8,10-13,20-21,27-28,30H,4-5,9,14-19,22-23H2,1-3H3/t28-,30?/m1/s1. The molecule has 1 aliphatic heterocycles. The highest BCUT2D eigenvalue weighted by Crippen LogP contribution is 2.39. The van der Waals surface area contributed by atoms with Crippen LogP contribution in [0.15, 0.2) is 54.7 Å². The first-order valence-corrected chi connectivity index (χ1v) is 14.9. The molecule has 1 unspecified atom stereocenters. The summed E-state index contributed by atoms with van der Waals surface area (Å²) in [6, 6.07) is 17.4. The van der Waals surface area contributed by atoms with Gasteiger partial charge in [-0.3, -0.25) is 4.79 Å². The molecule has 2 aromatic carbocycles. The molecule has 7 heteroatoms. The molecule has 0 radical (unpaired) electrons. The topological polar surface area (TPSA) is 64.0 Å². The number of carbonyl (C=O) groups is 2. The highest BCUT2D eigenvalue weighted by atomic mass is 16.6. The maximum absolute atomic E-state index is 14.5. The van der Waals surface area contributed by atoms with Crippen LogP contribution < -0.4 is 0 Å². The first-order valence-electron chi connectivity index (χ1n) is 14.9. The largest absolute Gasteiger partial charge is 0.450 e. The minimum atomic E-state index is -0.321. The van der Waals surface area contributed by atoms with Crippen LogP contribution in [0.2, 0.25) is 0 Å². The van der Waals surface area contributed by atoms with Gasteiger partial charge in [-0.1, -0.05) is 49.4 Å². The third-order valence-electron chi connectivity index (χ3n) is 8.47. The molecule has 7 nitrogen and oxygen atoms in total. The minimum Gasteiger partial charge on any atom is -0.450 e. The molecule has 2 heterocycles. The Morgan fingerprint density at radius 1 is 1.05 bits per heavy atom. The fourth-order valence-electron chi connectivity index (χ4n) is 6.21. The van der Waals surface area contributed by atoms with E-state index in [2.05, 4.69) is 71.1 Å². The van der Waals surface area contributed by atoms with Crippen molar-refractivity contribution < 1.29 is 19.1 Å². The molecule has 3 aromatic rings. The smallest absolute Gasteiger partial charge is 0.409 e. The van der Waals surface area contributed by atoms with Gasteiger partial charge in [0.15, 0.2) is 0 Å². The molecular formula is C33H43N3O4. The fourth-order valence-corrected chi connectivity index (χ4v) is 6.21. The molecule has 0 N–H and O–H groups in total. The normalized spacial score (nSPS) is 19.1. The summed E-state index contributed by atoms with van der Waals surface area (Å²) in [6.45, 7) is 7.47. The lowest BCUT2D eigenvalue weighted by Crippen LogP contribution is -2.50. The van der Waals surface area contributed by atoms with Gasteiger partial charge >= 0.3 is 6.09 Å². The Kier molecular flexibility index (Phi) is 9.10. The summed E-state index contributed by atoms with van der Waals surface area (Å²) in [5.74, 6) is -0.0816. The number of methoxy groups -OCH3 is 1. The van der Waals surface area contributed by atoms with E-state index < -0.39 is 0 Å². The molecule has 1 aliphatic carbocycles. The molecule has 1 saturated carbocycles. The highest BCUT2D eigenvalue weighted by Gasteiger charge is 2.43. The number of amides is 2. The third kappa shape index (κ3) is 6.20. The van der Waals surface area contributed by atoms with Crippen molar-refractivity contribution >= 4 is 22.9 Å². The number of hydrogen-bond donors (Lipinski definition) is 0. The first-order chi connectivity index (χ1) is 19.5. The van der Waals surface area contributed by atoms with Gasteiger partial charge < -0.3 is 23.8 Å². The highest BCUT2D eigenvalue weighted by molar-refractivity contribution is 5.86. The number of aryl methyl sites for hydroxylation is 2. The van der Waals surface area contributed by atoms with Gasteiger partial charge in [0, 0.05) is 63.0 Å². The van der Waals surface area contributed by atoms with E-state index in [9.17, 15) is 9.59 Å². The van der Waals surface area contributed by atoms with Crippen molar-refractivity contribution in [3.05, 3.63) is 71.4 Å². The van der Waals surface area contributed by atoms with E-state index in [4.69, 9.17) is 9.47 Å². The van der Waals surface area contributed by atoms with Crippen molar-refractivity contribution in [1.82, 2.24) is 14.4 Å². The summed E-state index contributed by atoms with van der Waals surface area (Å²) in [4.78, 5) is 31.1. The van der Waals surface area contributed by atoms with Gasteiger partial charge in [0.05, 0.1) is 12.5 Å². The van der Waals surface area contributed by atoms with E-state index in [1.165, 1.54) is 27.6 Å². The predicted molar refractivity (Wildman–Crippen MR) is 157 cm³/mol. The SMILES string of the molecule is CCOC(=O)N1CC[C@H](c2cccc(CC)c2)C(C(=O)N(Cc2cn(CCCOC)c3ccccc23)C2CC2)C1. The number of para-hydroxylation sites is 1. The second kappa shape index (κ2) is 12.9. The monoisotopic (exact) mass is 545 g/mol. The van der Waals surface area contributed by atoms with Gasteiger partial charge in [0.2, 0.25) is 5.91 Å². The third-order valence-corrected chi connectivity index (χ3v) is 8.47. The van der Waals surface area contributed by atoms with Crippen molar-refractivity contribution in [2.75, 3.05) is 33.4 Å². The Balaban J connectivity index is 1.45. The van der Waals surface area contributed by atoms with E-state index in [1.807, 2.05) is 6.92 Å². The quantitative estimate of drug-likeness (QED) is 0.278. The number of benzene rings is 2. The summed E-state index contributed by atoms with van der Waals surface area (Å²) in [7, 11) is 1.73. The first kappa shape index (κ1) is 28.2. The van der Waals surface area contributed by atoms with Crippen molar-refractivity contribution in [2.45, 2.75) is 71.0 Å². The number of aromatic nitrogens is 1. The zero-order chi connectivity index (χ0) is 28.1. The van der Waals surface area contributed by atoms with Crippen LogP contribution in [-0.2, 0) is 33.8 Å². The summed E-state index contributed by atoms with van der Waals surface area (Å²) >= 11 is 0. The molecule has 1 aromatic heterocycles. The Bertz CT molecular complexity index is 1310. The number of nitrogens with zero attached hydrogens (tertiary/aromatic N) is 3. The maximum Gasteiger partial charge on any atom is 0.409 e. The number of rotatable bonds is 11. The van der Waals surface area contributed by atoms with Crippen LogP contribution in [0.25, 0.3) is 10.9 Å². The molecule has 0 spiro atoms. The Labute approximate surface area is 238 Å². The predicted octanol–water partition coefficient (Wildman–Crippen LogP) is 5.99. The van der Waals surface area contributed by atoms with Crippen LogP contribution in [0, 0.1) is 5.92 Å². The van der Waals surface area contributed by atoms with E-state index >= 15 is 0 Å². The summed E-state index contributed by atoms with van der Waals surface area (Å²) in [6.07, 6.45) is 6.60. The number of ether oxygens (including phenoxy) is 2. The van der Waals surface area contributed by atoms with Crippen LogP contribution in [0.3, 0.4) is 0 Å². The van der Waals surface area contributed by atoms with Crippen molar-refractivity contribution in [3.63, 3.8) is 0 Å². The van der Waals surface area contributed by atoms with E-state index in [0.717, 1.165) is 38.6 Å². The van der Waals surface area contributed by atoms with Gasteiger partial charge in [0.1, 0.15) is 0 Å². The molecule has 40 heavy (non-hydrogen) atoms. The molecule has 5 rings (SSSR count). The van der Waals surface area contributed by atoms with Crippen LogP contribution >= 0.6 is 0 Å². The minimum absolute atomic E-state index is 0.0707. The van der Waals surface area contributed by atoms with Crippen LogP contribution in [0.5, 0.6) is 0 Å². The summed E-state index contributed by atoms with van der Waals surface area (Å²) < 4.78 is 12.9.